The summed E-state index contributed by atoms with van der Waals surface area (Å²) in [6.45, 7) is 0.291. The normalized spacial score (nSPS) is 10.7. The maximum absolute atomic E-state index is 12.1. The zero-order chi connectivity index (χ0) is 18.2. The molecule has 0 radical (unpaired) electrons. The minimum atomic E-state index is -0.496. The molecule has 2 aromatic carbocycles. The van der Waals surface area contributed by atoms with Crippen molar-refractivity contribution in [2.45, 2.75) is 6.54 Å². The molecule has 1 amide bonds. The summed E-state index contributed by atoms with van der Waals surface area (Å²) in [5.74, 6) is 0.235. The van der Waals surface area contributed by atoms with Crippen LogP contribution in [0.1, 0.15) is 5.56 Å². The van der Waals surface area contributed by atoms with Gasteiger partial charge in [-0.05, 0) is 29.8 Å². The molecule has 0 saturated heterocycles. The predicted octanol–water partition coefficient (Wildman–Crippen LogP) is 4.14. The van der Waals surface area contributed by atoms with Crippen LogP contribution in [0.4, 0.5) is 5.69 Å². The summed E-state index contributed by atoms with van der Waals surface area (Å²) < 4.78 is 5.07. The van der Waals surface area contributed by atoms with Crippen LogP contribution in [-0.2, 0) is 11.3 Å². The quantitative estimate of drug-likeness (QED) is 0.587. The van der Waals surface area contributed by atoms with Crippen molar-refractivity contribution in [1.29, 1.82) is 5.26 Å². The molecule has 0 aliphatic rings. The third kappa shape index (κ3) is 5.15. The van der Waals surface area contributed by atoms with Crippen molar-refractivity contribution in [1.82, 2.24) is 5.32 Å². The summed E-state index contributed by atoms with van der Waals surface area (Å²) >= 11 is 12.0. The Bertz CT molecular complexity index is 827. The van der Waals surface area contributed by atoms with E-state index in [2.05, 4.69) is 10.6 Å². The Morgan fingerprint density at radius 3 is 2.60 bits per heavy atom. The molecular formula is C18H15Cl2N3O2. The van der Waals surface area contributed by atoms with Gasteiger partial charge in [-0.15, -0.1) is 0 Å². The molecule has 2 rings (SSSR count). The zero-order valence-corrected chi connectivity index (χ0v) is 14.9. The molecule has 0 aliphatic heterocycles. The number of nitriles is 1. The van der Waals surface area contributed by atoms with E-state index in [1.54, 1.807) is 37.4 Å². The molecule has 0 bridgehead atoms. The van der Waals surface area contributed by atoms with E-state index in [4.69, 9.17) is 33.2 Å². The van der Waals surface area contributed by atoms with Gasteiger partial charge in [0.25, 0.3) is 5.91 Å². The Balaban J connectivity index is 2.00. The number of hydrogen-bond donors (Lipinski definition) is 2. The molecule has 0 heterocycles. The second-order valence-electron chi connectivity index (χ2n) is 4.95. The van der Waals surface area contributed by atoms with E-state index in [1.165, 1.54) is 6.20 Å². The summed E-state index contributed by atoms with van der Waals surface area (Å²) in [6, 6.07) is 14.2. The smallest absolute Gasteiger partial charge is 0.263 e. The summed E-state index contributed by atoms with van der Waals surface area (Å²) in [5.41, 5.74) is 1.31. The Labute approximate surface area is 155 Å². The molecule has 0 atom stereocenters. The van der Waals surface area contributed by atoms with E-state index in [1.807, 2.05) is 18.2 Å². The molecule has 0 saturated carbocycles. The Morgan fingerprint density at radius 2 is 1.96 bits per heavy atom. The van der Waals surface area contributed by atoms with Crippen LogP contribution in [0.3, 0.4) is 0 Å². The topological polar surface area (TPSA) is 74.1 Å². The first-order valence-corrected chi connectivity index (χ1v) is 8.02. The van der Waals surface area contributed by atoms with Gasteiger partial charge in [-0.25, -0.2) is 0 Å². The molecule has 25 heavy (non-hydrogen) atoms. The van der Waals surface area contributed by atoms with Gasteiger partial charge in [0, 0.05) is 12.7 Å². The lowest BCUT2D eigenvalue weighted by Gasteiger charge is -2.07. The lowest BCUT2D eigenvalue weighted by Crippen LogP contribution is -2.24. The van der Waals surface area contributed by atoms with Gasteiger partial charge in [-0.1, -0.05) is 41.4 Å². The number of ether oxygens (including phenoxy) is 1. The first kappa shape index (κ1) is 18.7. The lowest BCUT2D eigenvalue weighted by atomic mass is 10.2. The molecule has 2 N–H and O–H groups in total. The van der Waals surface area contributed by atoms with E-state index in [0.717, 1.165) is 11.3 Å². The summed E-state index contributed by atoms with van der Waals surface area (Å²) in [4.78, 5) is 12.1. The second kappa shape index (κ2) is 8.97. The van der Waals surface area contributed by atoms with Crippen LogP contribution >= 0.6 is 23.2 Å². The monoisotopic (exact) mass is 375 g/mol. The standard InChI is InChI=1S/C18H15Cl2N3O2/c1-25-14-7-5-12(6-8-14)10-23-18(24)13(9-21)11-22-16-4-2-3-15(19)17(16)20/h2-8,11,22H,10H2,1H3,(H,23,24)/b13-11-. The minimum Gasteiger partial charge on any atom is -0.497 e. The molecule has 0 unspecified atom stereocenters. The molecule has 5 nitrogen and oxygen atoms in total. The van der Waals surface area contributed by atoms with Crippen molar-refractivity contribution in [2.75, 3.05) is 12.4 Å². The Hall–Kier alpha value is -2.68. The Kier molecular flexibility index (Phi) is 6.70. The SMILES string of the molecule is COc1ccc(CNC(=O)/C(C#N)=C\Nc2cccc(Cl)c2Cl)cc1. The fourth-order valence-corrected chi connectivity index (χ4v) is 2.29. The molecule has 0 spiro atoms. The summed E-state index contributed by atoms with van der Waals surface area (Å²) in [7, 11) is 1.58. The number of nitrogens with zero attached hydrogens (tertiary/aromatic N) is 1. The number of benzene rings is 2. The number of methoxy groups -OCH3 is 1. The highest BCUT2D eigenvalue weighted by atomic mass is 35.5. The van der Waals surface area contributed by atoms with E-state index in [9.17, 15) is 4.79 Å². The zero-order valence-electron chi connectivity index (χ0n) is 13.3. The molecule has 2 aromatic rings. The highest BCUT2D eigenvalue weighted by Crippen LogP contribution is 2.29. The molecule has 7 heteroatoms. The van der Waals surface area contributed by atoms with Crippen molar-refractivity contribution in [3.05, 3.63) is 69.8 Å². The number of rotatable bonds is 6. The van der Waals surface area contributed by atoms with Gasteiger partial charge in [0.2, 0.25) is 0 Å². The van der Waals surface area contributed by atoms with Crippen LogP contribution in [-0.4, -0.2) is 13.0 Å². The first-order valence-electron chi connectivity index (χ1n) is 7.27. The number of halogens is 2. The van der Waals surface area contributed by atoms with Gasteiger partial charge in [0.05, 0.1) is 22.8 Å². The van der Waals surface area contributed by atoms with Gasteiger partial charge in [0.15, 0.2) is 0 Å². The van der Waals surface area contributed by atoms with Crippen molar-refractivity contribution in [2.24, 2.45) is 0 Å². The van der Waals surface area contributed by atoms with Crippen molar-refractivity contribution in [3.63, 3.8) is 0 Å². The van der Waals surface area contributed by atoms with E-state index >= 15 is 0 Å². The highest BCUT2D eigenvalue weighted by molar-refractivity contribution is 6.43. The predicted molar refractivity (Wildman–Crippen MR) is 98.6 cm³/mol. The van der Waals surface area contributed by atoms with Gasteiger partial charge >= 0.3 is 0 Å². The minimum absolute atomic E-state index is 0.0791. The average molecular weight is 376 g/mol. The lowest BCUT2D eigenvalue weighted by molar-refractivity contribution is -0.117. The molecule has 0 fully saturated rings. The van der Waals surface area contributed by atoms with Crippen LogP contribution < -0.4 is 15.4 Å². The van der Waals surface area contributed by atoms with Crippen LogP contribution in [0.25, 0.3) is 0 Å². The molecule has 0 aliphatic carbocycles. The summed E-state index contributed by atoms with van der Waals surface area (Å²) in [5, 5.41) is 15.4. The maximum atomic E-state index is 12.1. The van der Waals surface area contributed by atoms with Gasteiger partial charge in [-0.2, -0.15) is 5.26 Å². The number of hydrogen-bond acceptors (Lipinski definition) is 4. The third-order valence-electron chi connectivity index (χ3n) is 3.30. The fourth-order valence-electron chi connectivity index (χ4n) is 1.93. The van der Waals surface area contributed by atoms with Crippen LogP contribution in [0.15, 0.2) is 54.2 Å². The van der Waals surface area contributed by atoms with E-state index in [0.29, 0.717) is 22.3 Å². The third-order valence-corrected chi connectivity index (χ3v) is 4.12. The molecule has 128 valence electrons. The number of amides is 1. The van der Waals surface area contributed by atoms with Gasteiger partial charge < -0.3 is 15.4 Å². The van der Waals surface area contributed by atoms with Crippen LogP contribution in [0, 0.1) is 11.3 Å². The van der Waals surface area contributed by atoms with Crippen molar-refractivity contribution in [3.8, 4) is 11.8 Å². The number of carbonyl (C=O) groups is 1. The fraction of sp³-hybridized carbons (Fsp3) is 0.111. The second-order valence-corrected chi connectivity index (χ2v) is 5.73. The van der Waals surface area contributed by atoms with Crippen LogP contribution in [0.2, 0.25) is 10.0 Å². The number of nitrogens with one attached hydrogen (secondary N) is 2. The van der Waals surface area contributed by atoms with E-state index < -0.39 is 5.91 Å². The van der Waals surface area contributed by atoms with Gasteiger partial charge in [-0.3, -0.25) is 4.79 Å². The highest BCUT2D eigenvalue weighted by Gasteiger charge is 2.09. The largest absolute Gasteiger partial charge is 0.497 e. The van der Waals surface area contributed by atoms with Crippen LogP contribution in [0.5, 0.6) is 5.75 Å². The van der Waals surface area contributed by atoms with Gasteiger partial charge in [0.1, 0.15) is 17.4 Å². The average Bonchev–Trinajstić information content (AvgIpc) is 2.64. The maximum Gasteiger partial charge on any atom is 0.263 e. The number of carbonyl (C=O) groups excluding carboxylic acids is 1. The Morgan fingerprint density at radius 1 is 1.24 bits per heavy atom. The van der Waals surface area contributed by atoms with Crippen molar-refractivity contribution < 1.29 is 9.53 Å². The first-order chi connectivity index (χ1) is 12.0. The van der Waals surface area contributed by atoms with Crippen molar-refractivity contribution >= 4 is 34.8 Å². The number of anilines is 1. The molecular weight excluding hydrogens is 361 g/mol. The summed E-state index contributed by atoms with van der Waals surface area (Å²) in [6.07, 6.45) is 1.29. The molecule has 0 aromatic heterocycles. The van der Waals surface area contributed by atoms with E-state index in [-0.39, 0.29) is 5.57 Å².